The molecule has 21 heavy (non-hydrogen) atoms. The molecule has 110 valence electrons. The first-order valence-corrected chi connectivity index (χ1v) is 7.23. The number of nitrogens with one attached hydrogen (secondary N) is 1. The van der Waals surface area contributed by atoms with Gasteiger partial charge in [-0.3, -0.25) is 10.2 Å². The predicted octanol–water partition coefficient (Wildman–Crippen LogP) is 1.54. The van der Waals surface area contributed by atoms with Crippen LogP contribution in [0, 0.1) is 6.92 Å². The highest BCUT2D eigenvalue weighted by Gasteiger charge is 2.08. The molecule has 3 N–H and O–H groups in total. The number of benzene rings is 1. The molecule has 1 amide bonds. The van der Waals surface area contributed by atoms with Gasteiger partial charge in [0.2, 0.25) is 5.91 Å². The number of aromatic nitrogens is 2. The molecule has 0 aliphatic rings. The minimum absolute atomic E-state index is 0.213. The first-order chi connectivity index (χ1) is 10.1. The largest absolute Gasteiger partial charge is 0.497 e. The number of carbonyl (C=O) groups is 1. The first-order valence-electron chi connectivity index (χ1n) is 6.24. The predicted molar refractivity (Wildman–Crippen MR) is 81.8 cm³/mol. The maximum absolute atomic E-state index is 11.2. The second kappa shape index (κ2) is 7.05. The molecular formula is C14H16N4O2S. The van der Waals surface area contributed by atoms with E-state index in [1.807, 2.05) is 37.3 Å². The van der Waals surface area contributed by atoms with Gasteiger partial charge in [0.25, 0.3) is 0 Å². The molecule has 0 atom stereocenters. The minimum atomic E-state index is -0.251. The van der Waals surface area contributed by atoms with Crippen molar-refractivity contribution in [3.8, 4) is 17.1 Å². The van der Waals surface area contributed by atoms with E-state index in [2.05, 4.69) is 15.4 Å². The summed E-state index contributed by atoms with van der Waals surface area (Å²) in [5.74, 6) is 6.37. The topological polar surface area (TPSA) is 90.1 Å². The third-order valence-corrected chi connectivity index (χ3v) is 3.58. The molecule has 1 aromatic heterocycles. The van der Waals surface area contributed by atoms with Crippen LogP contribution in [0.15, 0.2) is 35.4 Å². The second-order valence-corrected chi connectivity index (χ2v) is 5.25. The molecule has 0 aliphatic carbocycles. The van der Waals surface area contributed by atoms with Crippen LogP contribution in [0.3, 0.4) is 0 Å². The summed E-state index contributed by atoms with van der Waals surface area (Å²) >= 11 is 1.31. The SMILES string of the molecule is COc1cccc(-c2nc(C)cc(SCC(=O)NN)n2)c1. The Labute approximate surface area is 127 Å². The third-order valence-electron chi connectivity index (χ3n) is 2.67. The molecule has 0 fully saturated rings. The number of nitrogens with zero attached hydrogens (tertiary/aromatic N) is 2. The van der Waals surface area contributed by atoms with Crippen molar-refractivity contribution in [1.82, 2.24) is 15.4 Å². The number of ether oxygens (including phenoxy) is 1. The number of nitrogens with two attached hydrogens (primary N) is 1. The van der Waals surface area contributed by atoms with Gasteiger partial charge in [0, 0.05) is 11.3 Å². The van der Waals surface area contributed by atoms with E-state index in [1.165, 1.54) is 11.8 Å². The van der Waals surface area contributed by atoms with Gasteiger partial charge in [-0.25, -0.2) is 15.8 Å². The lowest BCUT2D eigenvalue weighted by Gasteiger charge is -2.07. The van der Waals surface area contributed by atoms with Crippen molar-refractivity contribution in [2.24, 2.45) is 5.84 Å². The lowest BCUT2D eigenvalue weighted by molar-refractivity contribution is -0.118. The van der Waals surface area contributed by atoms with Gasteiger partial charge in [0.15, 0.2) is 5.82 Å². The van der Waals surface area contributed by atoms with E-state index < -0.39 is 0 Å². The number of thioether (sulfide) groups is 1. The van der Waals surface area contributed by atoms with Gasteiger partial charge in [-0.05, 0) is 25.1 Å². The molecule has 2 rings (SSSR count). The summed E-state index contributed by atoms with van der Waals surface area (Å²) in [6.45, 7) is 1.89. The van der Waals surface area contributed by atoms with Crippen molar-refractivity contribution in [2.75, 3.05) is 12.9 Å². The van der Waals surface area contributed by atoms with E-state index >= 15 is 0 Å². The van der Waals surface area contributed by atoms with E-state index in [0.717, 1.165) is 22.0 Å². The molecule has 7 heteroatoms. The van der Waals surface area contributed by atoms with Gasteiger partial charge in [-0.15, -0.1) is 0 Å². The number of amides is 1. The van der Waals surface area contributed by atoms with Crippen LogP contribution in [0.25, 0.3) is 11.4 Å². The Bertz CT molecular complexity index is 649. The van der Waals surface area contributed by atoms with Gasteiger partial charge in [-0.1, -0.05) is 23.9 Å². The average Bonchev–Trinajstić information content (AvgIpc) is 2.52. The maximum Gasteiger partial charge on any atom is 0.244 e. The number of hydrogen-bond donors (Lipinski definition) is 2. The Hall–Kier alpha value is -2.12. The van der Waals surface area contributed by atoms with Crippen molar-refractivity contribution in [3.63, 3.8) is 0 Å². The fourth-order valence-corrected chi connectivity index (χ4v) is 2.45. The highest BCUT2D eigenvalue weighted by molar-refractivity contribution is 7.99. The molecule has 0 unspecified atom stereocenters. The van der Waals surface area contributed by atoms with Crippen LogP contribution in [0.1, 0.15) is 5.69 Å². The van der Waals surface area contributed by atoms with Crippen molar-refractivity contribution < 1.29 is 9.53 Å². The van der Waals surface area contributed by atoms with Gasteiger partial charge in [0.05, 0.1) is 12.9 Å². The number of rotatable bonds is 5. The zero-order valence-electron chi connectivity index (χ0n) is 11.8. The van der Waals surface area contributed by atoms with Crippen molar-refractivity contribution >= 4 is 17.7 Å². The molecule has 0 spiro atoms. The Kier molecular flexibility index (Phi) is 5.13. The average molecular weight is 304 g/mol. The highest BCUT2D eigenvalue weighted by Crippen LogP contribution is 2.24. The van der Waals surface area contributed by atoms with Crippen LogP contribution in [0.5, 0.6) is 5.75 Å². The minimum Gasteiger partial charge on any atom is -0.497 e. The van der Waals surface area contributed by atoms with E-state index in [4.69, 9.17) is 10.6 Å². The number of hydrogen-bond acceptors (Lipinski definition) is 6. The first kappa shape index (κ1) is 15.3. The van der Waals surface area contributed by atoms with Gasteiger partial charge in [-0.2, -0.15) is 0 Å². The Morgan fingerprint density at radius 1 is 1.38 bits per heavy atom. The molecule has 0 saturated carbocycles. The molecule has 0 aliphatic heterocycles. The standard InChI is InChI=1S/C14H16N4O2S/c1-9-6-13(21-8-12(19)18-15)17-14(16-9)10-4-3-5-11(7-10)20-2/h3-7H,8,15H2,1-2H3,(H,18,19). The maximum atomic E-state index is 11.2. The van der Waals surface area contributed by atoms with Crippen molar-refractivity contribution in [2.45, 2.75) is 11.9 Å². The summed E-state index contributed by atoms with van der Waals surface area (Å²) in [6, 6.07) is 9.36. The summed E-state index contributed by atoms with van der Waals surface area (Å²) < 4.78 is 5.20. The number of carbonyl (C=O) groups excluding carboxylic acids is 1. The third kappa shape index (κ3) is 4.17. The molecule has 0 saturated heterocycles. The molecule has 0 radical (unpaired) electrons. The van der Waals surface area contributed by atoms with Gasteiger partial charge in [0.1, 0.15) is 10.8 Å². The lowest BCUT2D eigenvalue weighted by Crippen LogP contribution is -2.31. The summed E-state index contributed by atoms with van der Waals surface area (Å²) in [5, 5.41) is 0.726. The van der Waals surface area contributed by atoms with E-state index in [9.17, 15) is 4.79 Å². The van der Waals surface area contributed by atoms with Gasteiger partial charge >= 0.3 is 0 Å². The van der Waals surface area contributed by atoms with Gasteiger partial charge < -0.3 is 4.74 Å². The Morgan fingerprint density at radius 3 is 2.90 bits per heavy atom. The van der Waals surface area contributed by atoms with Crippen LogP contribution >= 0.6 is 11.8 Å². The molecule has 1 heterocycles. The lowest BCUT2D eigenvalue weighted by atomic mass is 10.2. The molecule has 1 aromatic carbocycles. The van der Waals surface area contributed by atoms with Crippen molar-refractivity contribution in [3.05, 3.63) is 36.0 Å². The molecule has 6 nitrogen and oxygen atoms in total. The normalized spacial score (nSPS) is 10.2. The van der Waals surface area contributed by atoms with E-state index in [1.54, 1.807) is 7.11 Å². The molecule has 2 aromatic rings. The van der Waals surface area contributed by atoms with Crippen LogP contribution in [0.2, 0.25) is 0 Å². The quantitative estimate of drug-likeness (QED) is 0.286. The zero-order chi connectivity index (χ0) is 15.2. The number of methoxy groups -OCH3 is 1. The summed E-state index contributed by atoms with van der Waals surface area (Å²) in [4.78, 5) is 20.1. The van der Waals surface area contributed by atoms with Crippen LogP contribution in [0.4, 0.5) is 0 Å². The zero-order valence-corrected chi connectivity index (χ0v) is 12.6. The van der Waals surface area contributed by atoms with Crippen LogP contribution < -0.4 is 16.0 Å². The molecule has 0 bridgehead atoms. The summed E-state index contributed by atoms with van der Waals surface area (Å²) in [5.41, 5.74) is 3.79. The van der Waals surface area contributed by atoms with E-state index in [0.29, 0.717) is 5.82 Å². The Morgan fingerprint density at radius 2 is 2.19 bits per heavy atom. The fraction of sp³-hybridized carbons (Fsp3) is 0.214. The number of hydrazine groups is 1. The monoisotopic (exact) mass is 304 g/mol. The second-order valence-electron chi connectivity index (χ2n) is 4.26. The van der Waals surface area contributed by atoms with Crippen LogP contribution in [-0.2, 0) is 4.79 Å². The van der Waals surface area contributed by atoms with E-state index in [-0.39, 0.29) is 11.7 Å². The fourth-order valence-electron chi connectivity index (χ4n) is 1.69. The number of aryl methyl sites for hydroxylation is 1. The summed E-state index contributed by atoms with van der Waals surface area (Å²) in [7, 11) is 1.61. The van der Waals surface area contributed by atoms with Crippen LogP contribution in [-0.4, -0.2) is 28.7 Å². The molecular weight excluding hydrogens is 288 g/mol. The Balaban J connectivity index is 2.27. The smallest absolute Gasteiger partial charge is 0.244 e. The summed E-state index contributed by atoms with van der Waals surface area (Å²) in [6.07, 6.45) is 0. The van der Waals surface area contributed by atoms with Crippen molar-refractivity contribution in [1.29, 1.82) is 0 Å². The highest BCUT2D eigenvalue weighted by atomic mass is 32.2.